The summed E-state index contributed by atoms with van der Waals surface area (Å²) in [6.45, 7) is 5.85. The topological polar surface area (TPSA) is 85.8 Å². The molecule has 0 aromatic carbocycles. The van der Waals surface area contributed by atoms with Crippen LogP contribution in [-0.4, -0.2) is 37.8 Å². The maximum Gasteiger partial charge on any atom is 0.218 e. The first-order valence-electron chi connectivity index (χ1n) is 7.26. The van der Waals surface area contributed by atoms with Gasteiger partial charge in [-0.05, 0) is 26.7 Å². The van der Waals surface area contributed by atoms with Crippen LogP contribution in [-0.2, 0) is 7.05 Å². The number of hydrogen-bond donors (Lipinski definition) is 1. The third-order valence-electron chi connectivity index (χ3n) is 3.95. The highest BCUT2D eigenvalue weighted by Crippen LogP contribution is 2.28. The Morgan fingerprint density at radius 3 is 2.43 bits per heavy atom. The lowest BCUT2D eigenvalue weighted by atomic mass is 9.96. The van der Waals surface area contributed by atoms with Gasteiger partial charge in [0.25, 0.3) is 0 Å². The quantitative estimate of drug-likeness (QED) is 0.893. The molecule has 7 nitrogen and oxygen atoms in total. The monoisotopic (exact) mass is 287 g/mol. The first-order chi connectivity index (χ1) is 10.0. The van der Waals surface area contributed by atoms with Gasteiger partial charge in [0.05, 0.1) is 0 Å². The maximum atomic E-state index is 5.76. The van der Waals surface area contributed by atoms with Gasteiger partial charge < -0.3 is 10.6 Å². The van der Waals surface area contributed by atoms with Crippen LogP contribution in [0.25, 0.3) is 0 Å². The normalized spacial score (nSPS) is 16.4. The fourth-order valence-electron chi connectivity index (χ4n) is 2.82. The number of nitrogens with zero attached hydrogens (tertiary/aromatic N) is 6. The Morgan fingerprint density at radius 2 is 1.86 bits per heavy atom. The molecule has 1 fully saturated rings. The minimum absolute atomic E-state index is 0.383. The third kappa shape index (κ3) is 2.81. The molecule has 3 heterocycles. The molecule has 0 radical (unpaired) electrons. The smallest absolute Gasteiger partial charge is 0.218 e. The van der Waals surface area contributed by atoms with Crippen LogP contribution in [0.2, 0.25) is 0 Å². The summed E-state index contributed by atoms with van der Waals surface area (Å²) in [6, 6.07) is 2.05. The van der Waals surface area contributed by atoms with E-state index in [4.69, 9.17) is 5.73 Å². The Kier molecular flexibility index (Phi) is 3.48. The molecule has 1 aliphatic rings. The zero-order chi connectivity index (χ0) is 15.0. The second-order valence-corrected chi connectivity index (χ2v) is 5.63. The third-order valence-corrected chi connectivity index (χ3v) is 3.95. The van der Waals surface area contributed by atoms with Gasteiger partial charge in [-0.2, -0.15) is 10.1 Å². The molecule has 2 aromatic rings. The fraction of sp³-hybridized carbons (Fsp3) is 0.571. The number of aromatic nitrogens is 5. The van der Waals surface area contributed by atoms with E-state index >= 15 is 0 Å². The van der Waals surface area contributed by atoms with Crippen molar-refractivity contribution in [2.24, 2.45) is 7.05 Å². The lowest BCUT2D eigenvalue weighted by Crippen LogP contribution is -2.34. The average Bonchev–Trinajstić information content (AvgIpc) is 2.78. The molecule has 0 unspecified atom stereocenters. The molecular weight excluding hydrogens is 266 g/mol. The summed E-state index contributed by atoms with van der Waals surface area (Å²) in [5.41, 5.74) is 6.77. The molecule has 7 heteroatoms. The standard InChI is InChI=1S/C14H21N7/c1-9-8-12(17-10(2)16-9)21-6-4-11(5-7-21)13-18-14(15)20(3)19-13/h8,11H,4-7H2,1-3H3,(H2,15,18,19). The molecule has 0 aliphatic carbocycles. The van der Waals surface area contributed by atoms with Crippen molar-refractivity contribution < 1.29 is 0 Å². The van der Waals surface area contributed by atoms with Crippen molar-refractivity contribution in [3.63, 3.8) is 0 Å². The Bertz CT molecular complexity index is 601. The number of rotatable bonds is 2. The van der Waals surface area contributed by atoms with Gasteiger partial charge in [0.2, 0.25) is 5.95 Å². The van der Waals surface area contributed by atoms with Crippen molar-refractivity contribution in [1.29, 1.82) is 0 Å². The van der Waals surface area contributed by atoms with Crippen molar-refractivity contribution in [1.82, 2.24) is 24.7 Å². The van der Waals surface area contributed by atoms with E-state index in [1.165, 1.54) is 0 Å². The van der Waals surface area contributed by atoms with E-state index in [1.807, 2.05) is 27.0 Å². The average molecular weight is 287 g/mol. The van der Waals surface area contributed by atoms with E-state index in [0.717, 1.165) is 49.1 Å². The van der Waals surface area contributed by atoms with Gasteiger partial charge in [-0.25, -0.2) is 14.6 Å². The highest BCUT2D eigenvalue weighted by Gasteiger charge is 2.25. The number of piperidine rings is 1. The molecule has 0 amide bonds. The summed E-state index contributed by atoms with van der Waals surface area (Å²) in [6.07, 6.45) is 2.04. The van der Waals surface area contributed by atoms with Gasteiger partial charge in [-0.1, -0.05) is 0 Å². The molecule has 2 aromatic heterocycles. The van der Waals surface area contributed by atoms with Crippen molar-refractivity contribution >= 4 is 11.8 Å². The summed E-state index contributed by atoms with van der Waals surface area (Å²) in [5, 5.41) is 4.40. The number of hydrogen-bond acceptors (Lipinski definition) is 6. The first kappa shape index (κ1) is 13.8. The molecule has 112 valence electrons. The van der Waals surface area contributed by atoms with E-state index in [0.29, 0.717) is 11.9 Å². The second-order valence-electron chi connectivity index (χ2n) is 5.63. The molecule has 1 aliphatic heterocycles. The molecule has 2 N–H and O–H groups in total. The Balaban J connectivity index is 1.70. The van der Waals surface area contributed by atoms with Gasteiger partial charge >= 0.3 is 0 Å². The van der Waals surface area contributed by atoms with Crippen LogP contribution < -0.4 is 10.6 Å². The van der Waals surface area contributed by atoms with Gasteiger partial charge in [-0.3, -0.25) is 0 Å². The van der Waals surface area contributed by atoms with E-state index in [9.17, 15) is 0 Å². The lowest BCUT2D eigenvalue weighted by Gasteiger charge is -2.31. The van der Waals surface area contributed by atoms with E-state index in [2.05, 4.69) is 25.0 Å². The summed E-state index contributed by atoms with van der Waals surface area (Å²) >= 11 is 0. The van der Waals surface area contributed by atoms with E-state index < -0.39 is 0 Å². The summed E-state index contributed by atoms with van der Waals surface area (Å²) < 4.78 is 1.64. The Labute approximate surface area is 124 Å². The first-order valence-corrected chi connectivity index (χ1v) is 7.26. The van der Waals surface area contributed by atoms with Gasteiger partial charge in [0.1, 0.15) is 11.6 Å². The molecule has 0 spiro atoms. The summed E-state index contributed by atoms with van der Waals surface area (Å²) in [5.74, 6) is 3.58. The summed E-state index contributed by atoms with van der Waals surface area (Å²) in [7, 11) is 1.83. The molecule has 1 saturated heterocycles. The molecule has 0 bridgehead atoms. The molecule has 0 saturated carbocycles. The van der Waals surface area contributed by atoms with Crippen LogP contribution in [0.5, 0.6) is 0 Å². The molecule has 0 atom stereocenters. The number of nitrogen functional groups attached to an aromatic ring is 1. The van der Waals surface area contributed by atoms with Crippen molar-refractivity contribution in [2.75, 3.05) is 23.7 Å². The van der Waals surface area contributed by atoms with Crippen LogP contribution in [0.15, 0.2) is 6.07 Å². The van der Waals surface area contributed by atoms with Crippen LogP contribution in [0, 0.1) is 13.8 Å². The van der Waals surface area contributed by atoms with Crippen molar-refractivity contribution in [3.05, 3.63) is 23.4 Å². The van der Waals surface area contributed by atoms with Crippen LogP contribution in [0.4, 0.5) is 11.8 Å². The van der Waals surface area contributed by atoms with Crippen LogP contribution in [0.1, 0.15) is 36.1 Å². The minimum atomic E-state index is 0.383. The second kappa shape index (κ2) is 5.31. The van der Waals surface area contributed by atoms with Crippen molar-refractivity contribution in [3.8, 4) is 0 Å². The van der Waals surface area contributed by atoms with E-state index in [-0.39, 0.29) is 0 Å². The minimum Gasteiger partial charge on any atom is -0.368 e. The summed E-state index contributed by atoms with van der Waals surface area (Å²) in [4.78, 5) is 15.5. The predicted octanol–water partition coefficient (Wildman–Crippen LogP) is 1.19. The van der Waals surface area contributed by atoms with E-state index in [1.54, 1.807) is 4.68 Å². The number of aryl methyl sites for hydroxylation is 3. The SMILES string of the molecule is Cc1cc(N2CCC(c3nc(N)n(C)n3)CC2)nc(C)n1. The van der Waals surface area contributed by atoms with Crippen molar-refractivity contribution in [2.45, 2.75) is 32.6 Å². The predicted molar refractivity (Wildman–Crippen MR) is 81.1 cm³/mol. The number of nitrogens with two attached hydrogens (primary N) is 1. The van der Waals surface area contributed by atoms with Gasteiger partial charge in [0, 0.05) is 37.8 Å². The van der Waals surface area contributed by atoms with Crippen LogP contribution in [0.3, 0.4) is 0 Å². The lowest BCUT2D eigenvalue weighted by molar-refractivity contribution is 0.480. The molecular formula is C14H21N7. The largest absolute Gasteiger partial charge is 0.368 e. The molecule has 3 rings (SSSR count). The zero-order valence-corrected chi connectivity index (χ0v) is 12.7. The fourth-order valence-corrected chi connectivity index (χ4v) is 2.82. The number of anilines is 2. The zero-order valence-electron chi connectivity index (χ0n) is 12.7. The Hall–Kier alpha value is -2.18. The van der Waals surface area contributed by atoms with Gasteiger partial charge in [0.15, 0.2) is 5.82 Å². The van der Waals surface area contributed by atoms with Crippen LogP contribution >= 0.6 is 0 Å². The highest BCUT2D eigenvalue weighted by molar-refractivity contribution is 5.40. The van der Waals surface area contributed by atoms with Gasteiger partial charge in [-0.15, -0.1) is 0 Å². The Morgan fingerprint density at radius 1 is 1.14 bits per heavy atom. The maximum absolute atomic E-state index is 5.76. The highest BCUT2D eigenvalue weighted by atomic mass is 15.4. The molecule has 21 heavy (non-hydrogen) atoms.